The largest absolute Gasteiger partial charge is 0.378 e. The summed E-state index contributed by atoms with van der Waals surface area (Å²) < 4.78 is 0.909. The van der Waals surface area contributed by atoms with Crippen molar-refractivity contribution in [2.24, 2.45) is 0 Å². The topological polar surface area (TPSA) is 107 Å². The molecule has 98 valence electrons. The second-order valence-electron chi connectivity index (χ2n) is 3.66. The van der Waals surface area contributed by atoms with E-state index in [0.717, 1.165) is 10.0 Å². The van der Waals surface area contributed by atoms with Crippen LogP contribution >= 0.6 is 15.9 Å². The van der Waals surface area contributed by atoms with Gasteiger partial charge in [0.25, 0.3) is 0 Å². The van der Waals surface area contributed by atoms with Crippen LogP contribution in [0.4, 0.5) is 17.3 Å². The second kappa shape index (κ2) is 5.61. The van der Waals surface area contributed by atoms with E-state index >= 15 is 0 Å². The van der Waals surface area contributed by atoms with Crippen molar-refractivity contribution >= 4 is 33.3 Å². The molecule has 19 heavy (non-hydrogen) atoms. The summed E-state index contributed by atoms with van der Waals surface area (Å²) in [5.74, 6) is -0.0529. The first kappa shape index (κ1) is 13.2. The Labute approximate surface area is 117 Å². The minimum atomic E-state index is -0.599. The van der Waals surface area contributed by atoms with Gasteiger partial charge >= 0.3 is 5.69 Å². The monoisotopic (exact) mass is 323 g/mol. The quantitative estimate of drug-likeness (QED) is 0.660. The highest BCUT2D eigenvalue weighted by molar-refractivity contribution is 9.10. The van der Waals surface area contributed by atoms with Crippen LogP contribution in [0.2, 0.25) is 0 Å². The highest BCUT2D eigenvalue weighted by Gasteiger charge is 2.20. The maximum Gasteiger partial charge on any atom is 0.352 e. The normalized spacial score (nSPS) is 10.2. The lowest BCUT2D eigenvalue weighted by atomic mass is 10.2. The summed E-state index contributed by atoms with van der Waals surface area (Å²) in [7, 11) is 0. The Balaban J connectivity index is 2.23. The highest BCUT2D eigenvalue weighted by atomic mass is 79.9. The summed E-state index contributed by atoms with van der Waals surface area (Å²) >= 11 is 3.40. The molecule has 0 aliphatic carbocycles. The average molecular weight is 324 g/mol. The van der Waals surface area contributed by atoms with Gasteiger partial charge in [-0.05, 0) is 11.6 Å². The van der Waals surface area contributed by atoms with E-state index in [1.165, 1.54) is 6.33 Å². The lowest BCUT2D eigenvalue weighted by Gasteiger charge is -2.08. The number of benzene rings is 1. The lowest BCUT2D eigenvalue weighted by Crippen LogP contribution is -2.08. The van der Waals surface area contributed by atoms with Gasteiger partial charge in [0, 0.05) is 11.0 Å². The van der Waals surface area contributed by atoms with Gasteiger partial charge in [0.15, 0.2) is 0 Å². The second-order valence-corrected chi connectivity index (χ2v) is 4.51. The zero-order valence-corrected chi connectivity index (χ0v) is 11.3. The Hall–Kier alpha value is -2.22. The van der Waals surface area contributed by atoms with Gasteiger partial charge in [-0.2, -0.15) is 0 Å². The Morgan fingerprint density at radius 1 is 1.37 bits per heavy atom. The third-order valence-corrected chi connectivity index (χ3v) is 3.21. The molecule has 0 amide bonds. The van der Waals surface area contributed by atoms with Gasteiger partial charge in [-0.1, -0.05) is 34.1 Å². The molecule has 0 saturated heterocycles. The molecule has 0 fully saturated rings. The van der Waals surface area contributed by atoms with E-state index in [2.05, 4.69) is 31.2 Å². The number of halogens is 1. The van der Waals surface area contributed by atoms with Crippen molar-refractivity contribution in [1.29, 1.82) is 0 Å². The summed E-state index contributed by atoms with van der Waals surface area (Å²) in [4.78, 5) is 17.8. The fourth-order valence-corrected chi connectivity index (χ4v) is 1.95. The van der Waals surface area contributed by atoms with Gasteiger partial charge < -0.3 is 11.1 Å². The molecule has 0 spiro atoms. The summed E-state index contributed by atoms with van der Waals surface area (Å²) in [6.07, 6.45) is 1.19. The van der Waals surface area contributed by atoms with Gasteiger partial charge in [0.2, 0.25) is 11.6 Å². The molecule has 0 aliphatic rings. The molecule has 1 aromatic carbocycles. The molecular formula is C11H10BrN5O2. The average Bonchev–Trinajstić information content (AvgIpc) is 2.37. The van der Waals surface area contributed by atoms with Crippen molar-refractivity contribution in [3.8, 4) is 0 Å². The summed E-state index contributed by atoms with van der Waals surface area (Å²) in [5.41, 5.74) is 6.12. The Kier molecular flexibility index (Phi) is 3.91. The molecule has 0 atom stereocenters. The summed E-state index contributed by atoms with van der Waals surface area (Å²) in [6.45, 7) is 0.388. The summed E-state index contributed by atoms with van der Waals surface area (Å²) in [5, 5.41) is 13.8. The molecule has 1 aromatic heterocycles. The van der Waals surface area contributed by atoms with E-state index in [-0.39, 0.29) is 17.3 Å². The Bertz CT molecular complexity index is 620. The minimum absolute atomic E-state index is 0.105. The number of nitrogen functional groups attached to an aromatic ring is 1. The highest BCUT2D eigenvalue weighted by Crippen LogP contribution is 2.27. The zero-order chi connectivity index (χ0) is 13.8. The number of aromatic nitrogens is 2. The third-order valence-electron chi connectivity index (χ3n) is 2.44. The molecule has 0 saturated carbocycles. The number of nitrogens with two attached hydrogens (primary N) is 1. The predicted octanol–water partition coefficient (Wildman–Crippen LogP) is 2.34. The van der Waals surface area contributed by atoms with Gasteiger partial charge in [-0.15, -0.1) is 0 Å². The SMILES string of the molecule is Nc1ncnc(NCc2ccccc2Br)c1[N+](=O)[O-]. The van der Waals surface area contributed by atoms with Gasteiger partial charge in [-0.25, -0.2) is 9.97 Å². The Morgan fingerprint density at radius 2 is 2.11 bits per heavy atom. The number of anilines is 2. The number of nitrogens with zero attached hydrogens (tertiary/aromatic N) is 3. The zero-order valence-electron chi connectivity index (χ0n) is 9.71. The predicted molar refractivity (Wildman–Crippen MR) is 74.6 cm³/mol. The van der Waals surface area contributed by atoms with Crippen LogP contribution in [0.25, 0.3) is 0 Å². The molecule has 3 N–H and O–H groups in total. The third kappa shape index (κ3) is 2.97. The van der Waals surface area contributed by atoms with E-state index in [4.69, 9.17) is 5.73 Å². The molecule has 0 aliphatic heterocycles. The molecule has 7 nitrogen and oxygen atoms in total. The van der Waals surface area contributed by atoms with Crippen LogP contribution < -0.4 is 11.1 Å². The summed E-state index contributed by atoms with van der Waals surface area (Å²) in [6, 6.07) is 7.55. The van der Waals surface area contributed by atoms with E-state index in [1.54, 1.807) is 0 Å². The number of nitrogens with one attached hydrogen (secondary N) is 1. The molecule has 0 unspecified atom stereocenters. The van der Waals surface area contributed by atoms with Crippen LogP contribution in [0.1, 0.15) is 5.56 Å². The van der Waals surface area contributed by atoms with Crippen LogP contribution in [0.5, 0.6) is 0 Å². The van der Waals surface area contributed by atoms with Crippen LogP contribution in [0.3, 0.4) is 0 Å². The smallest absolute Gasteiger partial charge is 0.352 e. The maximum absolute atomic E-state index is 10.9. The van der Waals surface area contributed by atoms with Gasteiger partial charge in [-0.3, -0.25) is 10.1 Å². The van der Waals surface area contributed by atoms with E-state index < -0.39 is 4.92 Å². The van der Waals surface area contributed by atoms with Crippen LogP contribution in [0.15, 0.2) is 35.1 Å². The van der Waals surface area contributed by atoms with Gasteiger partial charge in [0.1, 0.15) is 6.33 Å². The fourth-order valence-electron chi connectivity index (χ4n) is 1.52. The molecular weight excluding hydrogens is 314 g/mol. The van der Waals surface area contributed by atoms with Crippen molar-refractivity contribution in [3.63, 3.8) is 0 Å². The molecule has 2 aromatic rings. The molecule has 0 radical (unpaired) electrons. The van der Waals surface area contributed by atoms with Crippen molar-refractivity contribution in [2.45, 2.75) is 6.54 Å². The first-order chi connectivity index (χ1) is 9.09. The fraction of sp³-hybridized carbons (Fsp3) is 0.0909. The molecule has 1 heterocycles. The first-order valence-corrected chi connectivity index (χ1v) is 6.11. The van der Waals surface area contributed by atoms with E-state index in [9.17, 15) is 10.1 Å². The number of hydrogen-bond donors (Lipinski definition) is 2. The minimum Gasteiger partial charge on any atom is -0.378 e. The number of nitro groups is 1. The maximum atomic E-state index is 10.9. The Morgan fingerprint density at radius 3 is 2.79 bits per heavy atom. The molecule has 0 bridgehead atoms. The number of rotatable bonds is 4. The first-order valence-electron chi connectivity index (χ1n) is 5.31. The lowest BCUT2D eigenvalue weighted by molar-refractivity contribution is -0.383. The molecule has 2 rings (SSSR count). The van der Waals surface area contributed by atoms with Crippen LogP contribution in [0, 0.1) is 10.1 Å². The van der Waals surface area contributed by atoms with Crippen LogP contribution in [-0.4, -0.2) is 14.9 Å². The van der Waals surface area contributed by atoms with Gasteiger partial charge in [0.05, 0.1) is 4.92 Å². The van der Waals surface area contributed by atoms with Crippen molar-refractivity contribution in [1.82, 2.24) is 9.97 Å². The van der Waals surface area contributed by atoms with E-state index in [0.29, 0.717) is 6.54 Å². The number of hydrogen-bond acceptors (Lipinski definition) is 6. The van der Waals surface area contributed by atoms with E-state index in [1.807, 2.05) is 24.3 Å². The van der Waals surface area contributed by atoms with Crippen LogP contribution in [-0.2, 0) is 6.54 Å². The van der Waals surface area contributed by atoms with Crippen molar-refractivity contribution < 1.29 is 4.92 Å². The van der Waals surface area contributed by atoms with Crippen molar-refractivity contribution in [2.75, 3.05) is 11.1 Å². The van der Waals surface area contributed by atoms with Crippen molar-refractivity contribution in [3.05, 3.63) is 50.7 Å². The standard InChI is InChI=1S/C11H10BrN5O2/c12-8-4-2-1-3-7(8)5-14-11-9(17(18)19)10(13)15-6-16-11/h1-4,6H,5H2,(H3,13,14,15,16). The molecule has 8 heteroatoms.